The van der Waals surface area contributed by atoms with Gasteiger partial charge in [-0.3, -0.25) is 0 Å². The van der Waals surface area contributed by atoms with Crippen LogP contribution < -0.4 is 5.32 Å². The number of rotatable bonds is 18. The minimum atomic E-state index is 0.263. The first-order valence-electron chi connectivity index (χ1n) is 11.7. The number of hydrogen-bond acceptors (Lipinski definition) is 2. The topological polar surface area (TPSA) is 32.3 Å². The van der Waals surface area contributed by atoms with E-state index in [0.717, 1.165) is 36.6 Å². The molecule has 0 aromatic carbocycles. The maximum atomic E-state index is 9.20. The molecule has 2 N–H and O–H groups in total. The number of hydrogen-bond donors (Lipinski definition) is 2. The van der Waals surface area contributed by atoms with Gasteiger partial charge in [0.15, 0.2) is 0 Å². The van der Waals surface area contributed by atoms with E-state index in [0.29, 0.717) is 0 Å². The smallest absolute Gasteiger partial charge is 0.0584 e. The van der Waals surface area contributed by atoms with Crippen LogP contribution in [0.15, 0.2) is 0 Å². The molecule has 2 heteroatoms. The fourth-order valence-corrected chi connectivity index (χ4v) is 3.81. The summed E-state index contributed by atoms with van der Waals surface area (Å²) in [4.78, 5) is 0. The number of nitrogens with one attached hydrogen (secondary N) is 1. The van der Waals surface area contributed by atoms with Crippen molar-refractivity contribution in [1.82, 2.24) is 5.32 Å². The summed E-state index contributed by atoms with van der Waals surface area (Å²) in [5.74, 6) is 3.47. The summed E-state index contributed by atoms with van der Waals surface area (Å²) < 4.78 is 0. The molecule has 0 saturated heterocycles. The third-order valence-corrected chi connectivity index (χ3v) is 6.05. The molecule has 0 saturated carbocycles. The highest BCUT2D eigenvalue weighted by atomic mass is 16.3. The molecule has 0 fully saturated rings. The van der Waals surface area contributed by atoms with Crippen LogP contribution in [0.3, 0.4) is 0 Å². The third-order valence-electron chi connectivity index (χ3n) is 6.05. The lowest BCUT2D eigenvalue weighted by Gasteiger charge is -2.18. The average molecular weight is 370 g/mol. The van der Waals surface area contributed by atoms with Gasteiger partial charge in [-0.1, -0.05) is 99.3 Å². The molecule has 26 heavy (non-hydrogen) atoms. The van der Waals surface area contributed by atoms with Gasteiger partial charge in [-0.15, -0.1) is 0 Å². The minimum Gasteiger partial charge on any atom is -0.395 e. The molecule has 158 valence electrons. The van der Waals surface area contributed by atoms with E-state index in [1.807, 2.05) is 0 Å². The van der Waals surface area contributed by atoms with Crippen LogP contribution in [0.25, 0.3) is 0 Å². The van der Waals surface area contributed by atoms with Crippen molar-refractivity contribution < 1.29 is 5.11 Å². The van der Waals surface area contributed by atoms with Crippen molar-refractivity contribution in [2.75, 3.05) is 13.2 Å². The summed E-state index contributed by atoms with van der Waals surface area (Å²) in [6, 6.07) is 0.287. The van der Waals surface area contributed by atoms with E-state index in [1.54, 1.807) is 0 Å². The van der Waals surface area contributed by atoms with Crippen molar-refractivity contribution in [3.8, 4) is 0 Å². The van der Waals surface area contributed by atoms with Crippen LogP contribution in [-0.4, -0.2) is 24.3 Å². The van der Waals surface area contributed by atoms with E-state index in [-0.39, 0.29) is 12.6 Å². The van der Waals surface area contributed by atoms with Crippen molar-refractivity contribution in [1.29, 1.82) is 0 Å². The van der Waals surface area contributed by atoms with Crippen LogP contribution in [0.5, 0.6) is 0 Å². The molecule has 2 nitrogen and oxygen atoms in total. The zero-order valence-corrected chi connectivity index (χ0v) is 19.0. The van der Waals surface area contributed by atoms with Crippen LogP contribution in [0.1, 0.15) is 112 Å². The Balaban J connectivity index is 3.56. The highest BCUT2D eigenvalue weighted by Crippen LogP contribution is 2.22. The molecule has 0 aliphatic rings. The molecule has 0 aromatic heterocycles. The molecule has 0 spiro atoms. The van der Waals surface area contributed by atoms with Crippen molar-refractivity contribution in [2.24, 2.45) is 23.7 Å². The Kier molecular flexibility index (Phi) is 17.0. The van der Waals surface area contributed by atoms with Crippen LogP contribution in [0.2, 0.25) is 0 Å². The van der Waals surface area contributed by atoms with Crippen LogP contribution in [0, 0.1) is 23.7 Å². The first-order valence-corrected chi connectivity index (χ1v) is 11.7. The fourth-order valence-electron chi connectivity index (χ4n) is 3.81. The van der Waals surface area contributed by atoms with Crippen molar-refractivity contribution in [2.45, 2.75) is 118 Å². The quantitative estimate of drug-likeness (QED) is 0.278. The molecular formula is C24H51NO. The van der Waals surface area contributed by atoms with Crippen LogP contribution >= 0.6 is 0 Å². The molecular weight excluding hydrogens is 318 g/mol. The predicted molar refractivity (Wildman–Crippen MR) is 118 cm³/mol. The Morgan fingerprint density at radius 3 is 1.46 bits per heavy atom. The first kappa shape index (κ1) is 25.9. The van der Waals surface area contributed by atoms with E-state index < -0.39 is 0 Å². The summed E-state index contributed by atoms with van der Waals surface area (Å²) >= 11 is 0. The van der Waals surface area contributed by atoms with Gasteiger partial charge in [0.1, 0.15) is 0 Å². The van der Waals surface area contributed by atoms with Gasteiger partial charge in [0.25, 0.3) is 0 Å². The monoisotopic (exact) mass is 369 g/mol. The van der Waals surface area contributed by atoms with E-state index in [1.165, 1.54) is 64.2 Å². The molecule has 0 amide bonds. The second-order valence-electron chi connectivity index (χ2n) is 9.53. The molecule has 0 radical (unpaired) electrons. The van der Waals surface area contributed by atoms with Gasteiger partial charge < -0.3 is 10.4 Å². The van der Waals surface area contributed by atoms with Crippen LogP contribution in [0.4, 0.5) is 0 Å². The van der Waals surface area contributed by atoms with Gasteiger partial charge >= 0.3 is 0 Å². The highest BCUT2D eigenvalue weighted by Gasteiger charge is 2.09. The third kappa shape index (κ3) is 16.1. The van der Waals surface area contributed by atoms with Crippen molar-refractivity contribution >= 4 is 0 Å². The van der Waals surface area contributed by atoms with Crippen LogP contribution in [-0.2, 0) is 0 Å². The largest absolute Gasteiger partial charge is 0.395 e. The minimum absolute atomic E-state index is 0.263. The zero-order chi connectivity index (χ0) is 19.8. The Hall–Kier alpha value is -0.0800. The Morgan fingerprint density at radius 2 is 1.08 bits per heavy atom. The van der Waals surface area contributed by atoms with Gasteiger partial charge in [0.2, 0.25) is 0 Å². The lowest BCUT2D eigenvalue weighted by atomic mass is 9.91. The summed E-state index contributed by atoms with van der Waals surface area (Å²) in [5.41, 5.74) is 0. The molecule has 0 aliphatic carbocycles. The second kappa shape index (κ2) is 17.0. The van der Waals surface area contributed by atoms with Crippen molar-refractivity contribution in [3.63, 3.8) is 0 Å². The summed E-state index contributed by atoms with van der Waals surface area (Å²) in [6.07, 6.45) is 14.9. The molecule has 0 rings (SSSR count). The van der Waals surface area contributed by atoms with Gasteiger partial charge in [0, 0.05) is 6.04 Å². The zero-order valence-electron chi connectivity index (χ0n) is 19.0. The van der Waals surface area contributed by atoms with Crippen molar-refractivity contribution in [3.05, 3.63) is 0 Å². The number of aliphatic hydroxyl groups is 1. The Labute approximate surface area is 165 Å². The maximum Gasteiger partial charge on any atom is 0.0584 e. The molecule has 0 heterocycles. The molecule has 4 unspecified atom stereocenters. The van der Waals surface area contributed by atoms with Gasteiger partial charge in [-0.2, -0.15) is 0 Å². The normalized spacial score (nSPS) is 16.6. The summed E-state index contributed by atoms with van der Waals surface area (Å²) in [7, 11) is 0. The molecule has 0 bridgehead atoms. The van der Waals surface area contributed by atoms with E-state index in [2.05, 4.69) is 46.9 Å². The average Bonchev–Trinajstić information content (AvgIpc) is 2.58. The molecule has 4 atom stereocenters. The summed E-state index contributed by atoms with van der Waals surface area (Å²) in [6.45, 7) is 15.4. The van der Waals surface area contributed by atoms with E-state index in [9.17, 15) is 5.11 Å². The second-order valence-corrected chi connectivity index (χ2v) is 9.53. The maximum absolute atomic E-state index is 9.20. The first-order chi connectivity index (χ1) is 12.4. The predicted octanol–water partition coefficient (Wildman–Crippen LogP) is 6.81. The standard InChI is InChI=1S/C24H51NO/c1-7-24(19-26)25-18-17-23(6)16-10-15-22(5)14-9-13-21(4)12-8-11-20(2)3/h20-26H,7-19H2,1-6H3. The molecule has 0 aromatic rings. The summed E-state index contributed by atoms with van der Waals surface area (Å²) in [5, 5.41) is 12.7. The fraction of sp³-hybridized carbons (Fsp3) is 1.00. The van der Waals surface area contributed by atoms with E-state index >= 15 is 0 Å². The van der Waals surface area contributed by atoms with Gasteiger partial charge in [0.05, 0.1) is 6.61 Å². The lowest BCUT2D eigenvalue weighted by Crippen LogP contribution is -2.33. The number of aliphatic hydroxyl groups excluding tert-OH is 1. The Morgan fingerprint density at radius 1 is 0.654 bits per heavy atom. The van der Waals surface area contributed by atoms with E-state index in [4.69, 9.17) is 0 Å². The van der Waals surface area contributed by atoms with Gasteiger partial charge in [-0.05, 0) is 43.1 Å². The lowest BCUT2D eigenvalue weighted by molar-refractivity contribution is 0.236. The Bertz CT molecular complexity index is 288. The molecule has 0 aliphatic heterocycles. The highest BCUT2D eigenvalue weighted by molar-refractivity contribution is 4.65. The van der Waals surface area contributed by atoms with Gasteiger partial charge in [-0.25, -0.2) is 0 Å². The SMILES string of the molecule is CCC(CO)NCCC(C)CCCC(C)CCCC(C)CCCC(C)C.